The van der Waals surface area contributed by atoms with E-state index in [0.29, 0.717) is 30.9 Å². The van der Waals surface area contributed by atoms with E-state index in [0.717, 1.165) is 31.6 Å². The van der Waals surface area contributed by atoms with Crippen molar-refractivity contribution in [1.29, 1.82) is 0 Å². The lowest BCUT2D eigenvalue weighted by atomic mass is 9.82. The van der Waals surface area contributed by atoms with Gasteiger partial charge in [0.2, 0.25) is 17.6 Å². The molecule has 1 unspecified atom stereocenters. The normalized spacial score (nSPS) is 20.1. The zero-order chi connectivity index (χ0) is 24.3. The first kappa shape index (κ1) is 26.1. The third kappa shape index (κ3) is 8.07. The minimum Gasteiger partial charge on any atom is -0.370 e. The van der Waals surface area contributed by atoms with Crippen molar-refractivity contribution in [2.45, 2.75) is 76.7 Å². The van der Waals surface area contributed by atoms with E-state index in [2.05, 4.69) is 15.3 Å². The van der Waals surface area contributed by atoms with Crippen LogP contribution in [0.15, 0.2) is 16.6 Å². The maximum absolute atomic E-state index is 13.0. The molecular weight excluding hydrogens is 452 g/mol. The molecule has 0 aromatic carbocycles. The quantitative estimate of drug-likeness (QED) is 0.178. The van der Waals surface area contributed by atoms with Gasteiger partial charge in [0, 0.05) is 30.6 Å². The number of Topliss-reactive ketones (excluding diaryl/α,β-unsaturated/α-hetero) is 1. The Kier molecular flexibility index (Phi) is 10.3. The highest BCUT2D eigenvalue weighted by Crippen LogP contribution is 2.31. The molecule has 1 saturated heterocycles. The highest BCUT2D eigenvalue weighted by atomic mass is 32.1. The van der Waals surface area contributed by atoms with Crippen LogP contribution < -0.4 is 16.8 Å². The first-order valence-corrected chi connectivity index (χ1v) is 13.4. The van der Waals surface area contributed by atoms with Crippen molar-refractivity contribution in [3.63, 3.8) is 0 Å². The first-order chi connectivity index (χ1) is 16.4. The molecule has 1 saturated carbocycles. The summed E-state index contributed by atoms with van der Waals surface area (Å²) in [5, 5.41) is 4.91. The average Bonchev–Trinajstić information content (AvgIpc) is 3.37. The molecule has 1 aromatic rings. The van der Waals surface area contributed by atoms with E-state index in [9.17, 15) is 14.4 Å². The summed E-state index contributed by atoms with van der Waals surface area (Å²) in [4.78, 5) is 48.5. The predicted molar refractivity (Wildman–Crippen MR) is 133 cm³/mol. The van der Waals surface area contributed by atoms with Crippen LogP contribution in [0.4, 0.5) is 0 Å². The minimum atomic E-state index is -0.727. The Balaban J connectivity index is 1.52. The smallest absolute Gasteiger partial charge is 0.240 e. The number of hydrogen-bond acceptors (Lipinski definition) is 6. The van der Waals surface area contributed by atoms with Crippen LogP contribution in [0.1, 0.15) is 80.4 Å². The third-order valence-electron chi connectivity index (χ3n) is 6.86. The SMILES string of the molecule is NC(N)=NCCC[C@H](NC(=O)CN1CCCC(CCC2CCCCC2)C1=O)C(=O)c1nccs1. The number of ketones is 1. The fourth-order valence-electron chi connectivity index (χ4n) is 5.04. The Labute approximate surface area is 205 Å². The molecule has 2 amide bonds. The first-order valence-electron chi connectivity index (χ1n) is 12.5. The number of rotatable bonds is 12. The molecule has 5 N–H and O–H groups in total. The summed E-state index contributed by atoms with van der Waals surface area (Å²) in [7, 11) is 0. The fourth-order valence-corrected chi connectivity index (χ4v) is 5.67. The number of aromatic nitrogens is 1. The van der Waals surface area contributed by atoms with Gasteiger partial charge in [-0.15, -0.1) is 11.3 Å². The standard InChI is InChI=1S/C24H38N6O3S/c25-24(26)28-12-4-9-19(21(32)22-27-13-15-34-22)29-20(31)16-30-14-5-8-18(23(30)33)11-10-17-6-2-1-3-7-17/h13,15,17-19H,1-12,14,16H2,(H,29,31)(H4,25,26,28)/t18?,19-/m0/s1. The maximum atomic E-state index is 13.0. The van der Waals surface area contributed by atoms with Gasteiger partial charge in [0.15, 0.2) is 11.0 Å². The molecule has 2 atom stereocenters. The number of thiazole rings is 1. The van der Waals surface area contributed by atoms with Gasteiger partial charge in [0.25, 0.3) is 0 Å². The number of likely N-dealkylation sites (tertiary alicyclic amines) is 1. The summed E-state index contributed by atoms with van der Waals surface area (Å²) < 4.78 is 0. The lowest BCUT2D eigenvalue weighted by Crippen LogP contribution is -2.49. The van der Waals surface area contributed by atoms with Crippen molar-refractivity contribution < 1.29 is 14.4 Å². The van der Waals surface area contributed by atoms with Gasteiger partial charge in [-0.05, 0) is 44.4 Å². The summed E-state index contributed by atoms with van der Waals surface area (Å²) in [6.07, 6.45) is 12.8. The van der Waals surface area contributed by atoms with E-state index in [4.69, 9.17) is 11.5 Å². The number of nitrogens with one attached hydrogen (secondary N) is 1. The summed E-state index contributed by atoms with van der Waals surface area (Å²) in [6, 6.07) is -0.727. The van der Waals surface area contributed by atoms with E-state index in [-0.39, 0.29) is 36.0 Å². The molecule has 1 aromatic heterocycles. The van der Waals surface area contributed by atoms with Crippen LogP contribution in [0, 0.1) is 11.8 Å². The zero-order valence-electron chi connectivity index (χ0n) is 19.9. The van der Waals surface area contributed by atoms with E-state index in [1.165, 1.54) is 43.4 Å². The van der Waals surface area contributed by atoms with Crippen molar-refractivity contribution in [1.82, 2.24) is 15.2 Å². The Hall–Kier alpha value is -2.49. The second-order valence-electron chi connectivity index (χ2n) is 9.45. The number of hydrogen-bond donors (Lipinski definition) is 3. The molecule has 34 heavy (non-hydrogen) atoms. The van der Waals surface area contributed by atoms with E-state index in [1.807, 2.05) is 0 Å². The molecule has 2 heterocycles. The van der Waals surface area contributed by atoms with Crippen LogP contribution in [0.3, 0.4) is 0 Å². The molecule has 0 spiro atoms. The van der Waals surface area contributed by atoms with Gasteiger partial charge in [-0.2, -0.15) is 0 Å². The van der Waals surface area contributed by atoms with Crippen LogP contribution in [-0.2, 0) is 9.59 Å². The van der Waals surface area contributed by atoms with Crippen LogP contribution in [0.5, 0.6) is 0 Å². The number of piperidine rings is 1. The van der Waals surface area contributed by atoms with Crippen molar-refractivity contribution in [3.05, 3.63) is 16.6 Å². The van der Waals surface area contributed by atoms with E-state index in [1.54, 1.807) is 16.5 Å². The van der Waals surface area contributed by atoms with Crippen molar-refractivity contribution in [2.75, 3.05) is 19.6 Å². The third-order valence-corrected chi connectivity index (χ3v) is 7.65. The van der Waals surface area contributed by atoms with Crippen LogP contribution in [0.2, 0.25) is 0 Å². The largest absolute Gasteiger partial charge is 0.370 e. The summed E-state index contributed by atoms with van der Waals surface area (Å²) in [5.41, 5.74) is 10.7. The van der Waals surface area contributed by atoms with E-state index >= 15 is 0 Å². The second kappa shape index (κ2) is 13.4. The van der Waals surface area contributed by atoms with Crippen LogP contribution >= 0.6 is 11.3 Å². The fraction of sp³-hybridized carbons (Fsp3) is 0.708. The molecule has 3 rings (SSSR count). The number of amides is 2. The summed E-state index contributed by atoms with van der Waals surface area (Å²) in [5.74, 6) is 0.273. The zero-order valence-corrected chi connectivity index (χ0v) is 20.7. The highest BCUT2D eigenvalue weighted by molar-refractivity contribution is 7.11. The molecule has 9 nitrogen and oxygen atoms in total. The van der Waals surface area contributed by atoms with Gasteiger partial charge in [-0.1, -0.05) is 32.1 Å². The van der Waals surface area contributed by atoms with E-state index < -0.39 is 6.04 Å². The van der Waals surface area contributed by atoms with Crippen LogP contribution in [0.25, 0.3) is 0 Å². The Bertz CT molecular complexity index is 834. The van der Waals surface area contributed by atoms with Gasteiger partial charge >= 0.3 is 0 Å². The van der Waals surface area contributed by atoms with Gasteiger partial charge in [-0.25, -0.2) is 4.98 Å². The minimum absolute atomic E-state index is 0.00603. The van der Waals surface area contributed by atoms with Gasteiger partial charge in [0.05, 0.1) is 12.6 Å². The molecule has 10 heteroatoms. The molecule has 1 aliphatic heterocycles. The van der Waals surface area contributed by atoms with Gasteiger partial charge in [-0.3, -0.25) is 19.4 Å². The molecule has 0 bridgehead atoms. The molecule has 0 radical (unpaired) electrons. The monoisotopic (exact) mass is 490 g/mol. The predicted octanol–water partition coefficient (Wildman–Crippen LogP) is 2.46. The number of nitrogens with two attached hydrogens (primary N) is 2. The Morgan fingerprint density at radius 1 is 1.18 bits per heavy atom. The second-order valence-corrected chi connectivity index (χ2v) is 10.3. The highest BCUT2D eigenvalue weighted by Gasteiger charge is 2.31. The summed E-state index contributed by atoms with van der Waals surface area (Å²) >= 11 is 1.24. The molecule has 2 fully saturated rings. The molecule has 1 aliphatic carbocycles. The number of carbonyl (C=O) groups is 3. The van der Waals surface area contributed by atoms with Crippen molar-refractivity contribution in [2.24, 2.45) is 28.3 Å². The summed E-state index contributed by atoms with van der Waals surface area (Å²) in [6.45, 7) is 0.934. The number of guanidine groups is 1. The average molecular weight is 491 g/mol. The molecule has 2 aliphatic rings. The van der Waals surface area contributed by atoms with Gasteiger partial charge in [0.1, 0.15) is 0 Å². The maximum Gasteiger partial charge on any atom is 0.240 e. The van der Waals surface area contributed by atoms with Crippen LogP contribution in [-0.4, -0.2) is 59.1 Å². The number of carbonyl (C=O) groups excluding carboxylic acids is 3. The van der Waals surface area contributed by atoms with Crippen molar-refractivity contribution in [3.8, 4) is 0 Å². The number of nitrogens with zero attached hydrogens (tertiary/aromatic N) is 3. The van der Waals surface area contributed by atoms with Crippen molar-refractivity contribution >= 4 is 34.9 Å². The molecule has 188 valence electrons. The lowest BCUT2D eigenvalue weighted by molar-refractivity contribution is -0.142. The Morgan fingerprint density at radius 3 is 2.68 bits per heavy atom. The molecular formula is C24H38N6O3S. The number of aliphatic imine (C=N–C) groups is 1. The Morgan fingerprint density at radius 2 is 1.97 bits per heavy atom. The topological polar surface area (TPSA) is 144 Å². The van der Waals surface area contributed by atoms with Gasteiger partial charge < -0.3 is 21.7 Å². The lowest BCUT2D eigenvalue weighted by Gasteiger charge is -2.33.